The molecule has 4 aromatic rings. The lowest BCUT2D eigenvalue weighted by atomic mass is 10.1. The highest BCUT2D eigenvalue weighted by Crippen LogP contribution is 2.28. The van der Waals surface area contributed by atoms with E-state index >= 15 is 0 Å². The highest BCUT2D eigenvalue weighted by Gasteiger charge is 2.18. The van der Waals surface area contributed by atoms with Gasteiger partial charge in [0.2, 0.25) is 5.78 Å². The van der Waals surface area contributed by atoms with E-state index in [9.17, 15) is 9.59 Å². The number of ketones is 1. The molecule has 0 saturated heterocycles. The van der Waals surface area contributed by atoms with Gasteiger partial charge >= 0.3 is 5.97 Å². The Labute approximate surface area is 196 Å². The summed E-state index contributed by atoms with van der Waals surface area (Å²) in [6.45, 7) is 4.22. The Morgan fingerprint density at radius 2 is 1.79 bits per heavy atom. The topological polar surface area (TPSA) is 97.0 Å². The zero-order chi connectivity index (χ0) is 24.2. The van der Waals surface area contributed by atoms with Crippen LogP contribution in [-0.4, -0.2) is 51.7 Å². The highest BCUT2D eigenvalue weighted by molar-refractivity contribution is 6.00. The van der Waals surface area contributed by atoms with E-state index < -0.39 is 5.97 Å². The third-order valence-corrected chi connectivity index (χ3v) is 5.81. The van der Waals surface area contributed by atoms with Crippen molar-refractivity contribution >= 4 is 17.4 Å². The molecule has 9 heteroatoms. The van der Waals surface area contributed by atoms with Crippen molar-refractivity contribution in [1.29, 1.82) is 0 Å². The number of pyridine rings is 1. The molecule has 1 aromatic carbocycles. The van der Waals surface area contributed by atoms with Crippen LogP contribution in [0.4, 0.5) is 0 Å². The molecule has 0 aliphatic rings. The molecular weight excluding hydrogens is 436 g/mol. The molecule has 34 heavy (non-hydrogen) atoms. The molecule has 9 nitrogen and oxygen atoms in total. The van der Waals surface area contributed by atoms with Crippen LogP contribution in [0.5, 0.6) is 11.5 Å². The number of methoxy groups -OCH3 is 2. The van der Waals surface area contributed by atoms with E-state index in [2.05, 4.69) is 14.8 Å². The summed E-state index contributed by atoms with van der Waals surface area (Å²) in [6.07, 6.45) is 3.82. The summed E-state index contributed by atoms with van der Waals surface area (Å²) in [6, 6.07) is 10.9. The Balaban J connectivity index is 1.41. The Morgan fingerprint density at radius 3 is 2.56 bits per heavy atom. The molecule has 176 valence electrons. The first-order valence-electron chi connectivity index (χ1n) is 10.8. The Hall–Kier alpha value is -4.14. The average molecular weight is 463 g/mol. The number of rotatable bonds is 9. The molecule has 0 unspecified atom stereocenters. The number of hydrogen-bond acceptors (Lipinski definition) is 7. The van der Waals surface area contributed by atoms with Crippen molar-refractivity contribution in [3.05, 3.63) is 77.0 Å². The molecule has 0 aliphatic carbocycles. The van der Waals surface area contributed by atoms with Crippen molar-refractivity contribution in [2.75, 3.05) is 20.8 Å². The van der Waals surface area contributed by atoms with Gasteiger partial charge in [-0.3, -0.25) is 9.20 Å². The van der Waals surface area contributed by atoms with E-state index in [1.165, 1.54) is 6.33 Å². The first-order valence-corrected chi connectivity index (χ1v) is 10.8. The van der Waals surface area contributed by atoms with E-state index in [0.717, 1.165) is 23.4 Å². The van der Waals surface area contributed by atoms with Crippen LogP contribution in [0.1, 0.15) is 37.7 Å². The second kappa shape index (κ2) is 9.78. The number of benzene rings is 1. The number of hydrogen-bond donors (Lipinski definition) is 0. The summed E-state index contributed by atoms with van der Waals surface area (Å²) in [4.78, 5) is 25.2. The molecule has 0 aliphatic heterocycles. The summed E-state index contributed by atoms with van der Waals surface area (Å²) in [5, 5.41) is 7.68. The summed E-state index contributed by atoms with van der Waals surface area (Å²) in [5.74, 6) is 0.543. The number of aromatic nitrogens is 4. The number of esters is 1. The summed E-state index contributed by atoms with van der Waals surface area (Å²) in [5.41, 5.74) is 4.38. The van der Waals surface area contributed by atoms with Crippen molar-refractivity contribution < 1.29 is 23.8 Å². The number of ether oxygens (including phenoxy) is 3. The summed E-state index contributed by atoms with van der Waals surface area (Å²) < 4.78 is 19.7. The van der Waals surface area contributed by atoms with Crippen molar-refractivity contribution in [2.45, 2.75) is 26.8 Å². The average Bonchev–Trinajstić information content (AvgIpc) is 3.44. The van der Waals surface area contributed by atoms with Gasteiger partial charge in [-0.25, -0.2) is 4.79 Å². The number of carbonyl (C=O) groups excluding carboxylic acids is 2. The van der Waals surface area contributed by atoms with Crippen LogP contribution >= 0.6 is 0 Å². The number of aryl methyl sites for hydroxylation is 2. The van der Waals surface area contributed by atoms with E-state index in [4.69, 9.17) is 14.2 Å². The van der Waals surface area contributed by atoms with Gasteiger partial charge in [0.25, 0.3) is 0 Å². The lowest BCUT2D eigenvalue weighted by Crippen LogP contribution is -2.15. The molecular formula is C25H26N4O5. The molecule has 0 radical (unpaired) electrons. The van der Waals surface area contributed by atoms with E-state index in [0.29, 0.717) is 34.8 Å². The van der Waals surface area contributed by atoms with E-state index in [1.807, 2.05) is 38.1 Å². The van der Waals surface area contributed by atoms with Crippen LogP contribution in [0, 0.1) is 13.8 Å². The maximum Gasteiger partial charge on any atom is 0.340 e. The molecule has 4 rings (SSSR count). The fourth-order valence-corrected chi connectivity index (χ4v) is 3.94. The molecule has 0 saturated carbocycles. The lowest BCUT2D eigenvalue weighted by Gasteiger charge is -2.12. The molecule has 0 amide bonds. The smallest absolute Gasteiger partial charge is 0.340 e. The normalized spacial score (nSPS) is 10.9. The lowest BCUT2D eigenvalue weighted by molar-refractivity contribution is 0.0474. The highest BCUT2D eigenvalue weighted by atomic mass is 16.5. The quantitative estimate of drug-likeness (QED) is 0.278. The van der Waals surface area contributed by atoms with Crippen LogP contribution in [0.15, 0.2) is 48.9 Å². The van der Waals surface area contributed by atoms with Gasteiger partial charge in [0, 0.05) is 29.7 Å². The van der Waals surface area contributed by atoms with Crippen LogP contribution < -0.4 is 9.47 Å². The molecule has 0 bridgehead atoms. The Kier molecular flexibility index (Phi) is 6.62. The molecule has 3 heterocycles. The second-order valence-electron chi connectivity index (χ2n) is 7.89. The van der Waals surface area contributed by atoms with Crippen molar-refractivity contribution in [2.24, 2.45) is 0 Å². The van der Waals surface area contributed by atoms with Crippen LogP contribution in [-0.2, 0) is 17.7 Å². The van der Waals surface area contributed by atoms with Crippen molar-refractivity contribution in [1.82, 2.24) is 19.2 Å². The minimum absolute atomic E-state index is 0.246. The van der Waals surface area contributed by atoms with Crippen LogP contribution in [0.2, 0.25) is 0 Å². The fraction of sp³-hybridized carbons (Fsp3) is 0.280. The van der Waals surface area contributed by atoms with Gasteiger partial charge in [-0.05, 0) is 56.2 Å². The molecule has 0 spiro atoms. The Bertz CT molecular complexity index is 1350. The summed E-state index contributed by atoms with van der Waals surface area (Å²) >= 11 is 0. The number of carbonyl (C=O) groups is 2. The van der Waals surface area contributed by atoms with Crippen molar-refractivity contribution in [3.63, 3.8) is 0 Å². The van der Waals surface area contributed by atoms with Crippen molar-refractivity contribution in [3.8, 4) is 11.5 Å². The first kappa shape index (κ1) is 23.0. The largest absolute Gasteiger partial charge is 0.493 e. The number of nitrogens with zero attached hydrogens (tertiary/aromatic N) is 4. The van der Waals surface area contributed by atoms with Gasteiger partial charge in [0.05, 0.1) is 19.8 Å². The van der Waals surface area contributed by atoms with Gasteiger partial charge in [0.1, 0.15) is 6.33 Å². The molecule has 0 fully saturated rings. The van der Waals surface area contributed by atoms with Crippen LogP contribution in [0.25, 0.3) is 5.65 Å². The molecule has 0 N–H and O–H groups in total. The molecule has 0 atom stereocenters. The fourth-order valence-electron chi connectivity index (χ4n) is 3.94. The van der Waals surface area contributed by atoms with Gasteiger partial charge in [-0.1, -0.05) is 6.07 Å². The van der Waals surface area contributed by atoms with E-state index in [-0.39, 0.29) is 12.4 Å². The predicted molar refractivity (Wildman–Crippen MR) is 125 cm³/mol. The molecule has 3 aromatic heterocycles. The van der Waals surface area contributed by atoms with Gasteiger partial charge < -0.3 is 18.8 Å². The first-order chi connectivity index (χ1) is 16.4. The van der Waals surface area contributed by atoms with Gasteiger partial charge in [-0.15, -0.1) is 10.2 Å². The van der Waals surface area contributed by atoms with E-state index in [1.54, 1.807) is 36.9 Å². The van der Waals surface area contributed by atoms with Crippen LogP contribution in [0.3, 0.4) is 0 Å². The third kappa shape index (κ3) is 4.63. The predicted octanol–water partition coefficient (Wildman–Crippen LogP) is 3.45. The Morgan fingerprint density at radius 1 is 1.00 bits per heavy atom. The summed E-state index contributed by atoms with van der Waals surface area (Å²) in [7, 11) is 3.22. The SMILES string of the molecule is COc1ccc(CCn2c(C)cc(C(=O)COC(=O)c3ccc4nncn4c3)c2C)cc1OC. The second-order valence-corrected chi connectivity index (χ2v) is 7.89. The van der Waals surface area contributed by atoms with Gasteiger partial charge in [0.15, 0.2) is 23.8 Å². The zero-order valence-electron chi connectivity index (χ0n) is 19.6. The standard InChI is InChI=1S/C25H26N4O5/c1-16-11-20(17(2)29(16)10-9-18-5-7-22(32-3)23(12-18)33-4)21(30)14-34-25(31)19-6-8-24-27-26-15-28(24)13-19/h5-8,11-13,15H,9-10,14H2,1-4H3. The monoisotopic (exact) mass is 462 g/mol. The minimum atomic E-state index is -0.578. The number of Topliss-reactive ketones (excluding diaryl/α,β-unsaturated/α-hetero) is 1. The zero-order valence-corrected chi connectivity index (χ0v) is 19.6. The van der Waals surface area contributed by atoms with Gasteiger partial charge in [-0.2, -0.15) is 0 Å². The number of fused-ring (bicyclic) bond motifs is 1. The minimum Gasteiger partial charge on any atom is -0.493 e. The third-order valence-electron chi connectivity index (χ3n) is 5.81. The maximum absolute atomic E-state index is 12.8. The maximum atomic E-state index is 12.8.